The van der Waals surface area contributed by atoms with Crippen LogP contribution in [0.25, 0.3) is 0 Å². The number of hydrogen-bond donors (Lipinski definition) is 2. The van der Waals surface area contributed by atoms with Crippen LogP contribution in [0.1, 0.15) is 76.6 Å². The first-order valence-electron chi connectivity index (χ1n) is 16.2. The molecule has 2 N–H and O–H groups in total. The van der Waals surface area contributed by atoms with Crippen molar-refractivity contribution in [3.05, 3.63) is 76.9 Å². The van der Waals surface area contributed by atoms with E-state index in [1.807, 2.05) is 49.4 Å². The summed E-state index contributed by atoms with van der Waals surface area (Å²) in [6.45, 7) is 12.6. The van der Waals surface area contributed by atoms with Crippen LogP contribution < -0.4 is 4.74 Å². The van der Waals surface area contributed by atoms with Gasteiger partial charge in [0.2, 0.25) is 0 Å². The lowest BCUT2D eigenvalue weighted by Gasteiger charge is -2.68. The molecule has 3 aliphatic carbocycles. The van der Waals surface area contributed by atoms with Crippen molar-refractivity contribution in [2.45, 2.75) is 96.8 Å². The fourth-order valence-electron chi connectivity index (χ4n) is 10.1. The number of fused-ring (bicyclic) bond motifs is 3. The van der Waals surface area contributed by atoms with Crippen LogP contribution in [0.15, 0.2) is 65.7 Å². The SMILES string of the molecule is COc1ccc(C2O[C@H]3C[C@H]4OC[C@@]4(C)[C@H]4[C@H](OC(=O)c5ccccc5)[C@]5(C(C)(C)O)C[C@H](O)C(C)=C5[C@@H](C)[C@H](O2)[C@]34C)cc1. The molecule has 0 aromatic heterocycles. The number of aliphatic hydroxyl groups is 2. The summed E-state index contributed by atoms with van der Waals surface area (Å²) in [4.78, 5) is 14.1. The van der Waals surface area contributed by atoms with Gasteiger partial charge in [0.25, 0.3) is 0 Å². The van der Waals surface area contributed by atoms with E-state index in [9.17, 15) is 15.0 Å². The minimum atomic E-state index is -1.36. The fraction of sp³-hybridized carbons (Fsp3) is 0.595. The topological polar surface area (TPSA) is 104 Å². The van der Waals surface area contributed by atoms with Gasteiger partial charge in [-0.1, -0.05) is 56.7 Å². The summed E-state index contributed by atoms with van der Waals surface area (Å²) in [5.74, 6) is -0.248. The van der Waals surface area contributed by atoms with E-state index in [0.717, 1.165) is 22.5 Å². The minimum absolute atomic E-state index is 0.124. The molecule has 8 nitrogen and oxygen atoms in total. The van der Waals surface area contributed by atoms with E-state index in [-0.39, 0.29) is 42.0 Å². The lowest BCUT2D eigenvalue weighted by atomic mass is 9.46. The molecule has 2 heterocycles. The molecule has 7 rings (SSSR count). The maximum Gasteiger partial charge on any atom is 0.338 e. The highest BCUT2D eigenvalue weighted by Crippen LogP contribution is 2.72. The van der Waals surface area contributed by atoms with Crippen LogP contribution >= 0.6 is 0 Å². The standard InChI is InChI=1S/C37H46O8/c1-20-25(38)18-37(34(3,4)40)28(20)21(2)30-36(6)27(43-33(45-30)23-13-15-24(41-7)16-14-23)17-26-35(5,19-42-26)29(36)31(37)44-32(39)22-11-9-8-10-12-22/h8-16,21,25-27,29-31,33,38,40H,17-19H2,1-7H3/t21-,25+,26-,27+,29-,30+,31+,33?,35-,36-,37+/m1/s1. The van der Waals surface area contributed by atoms with Gasteiger partial charge in [-0.15, -0.1) is 0 Å². The Bertz CT molecular complexity index is 1500. The molecule has 8 heteroatoms. The number of carbonyl (C=O) groups excluding carboxylic acids is 1. The number of rotatable bonds is 5. The van der Waals surface area contributed by atoms with Gasteiger partial charge in [-0.3, -0.25) is 0 Å². The van der Waals surface area contributed by atoms with E-state index in [1.54, 1.807) is 33.1 Å². The van der Waals surface area contributed by atoms with Gasteiger partial charge in [-0.05, 0) is 57.0 Å². The summed E-state index contributed by atoms with van der Waals surface area (Å²) in [5.41, 5.74) is -0.407. The number of carbonyl (C=O) groups is 1. The lowest BCUT2D eigenvalue weighted by molar-refractivity contribution is -0.385. The molecular weight excluding hydrogens is 572 g/mol. The van der Waals surface area contributed by atoms with Crippen LogP contribution in [-0.4, -0.2) is 66.0 Å². The quantitative estimate of drug-likeness (QED) is 0.329. The second kappa shape index (κ2) is 10.4. The molecule has 0 spiro atoms. The Kier molecular flexibility index (Phi) is 7.12. The molecule has 4 fully saturated rings. The van der Waals surface area contributed by atoms with Crippen molar-refractivity contribution < 1.29 is 38.7 Å². The van der Waals surface area contributed by atoms with Gasteiger partial charge in [-0.25, -0.2) is 4.79 Å². The molecule has 242 valence electrons. The monoisotopic (exact) mass is 618 g/mol. The van der Waals surface area contributed by atoms with Gasteiger partial charge < -0.3 is 33.9 Å². The van der Waals surface area contributed by atoms with Crippen LogP contribution in [0.4, 0.5) is 0 Å². The molecule has 0 bridgehead atoms. The molecule has 5 aliphatic rings. The van der Waals surface area contributed by atoms with Crippen molar-refractivity contribution in [1.29, 1.82) is 0 Å². The first-order valence-corrected chi connectivity index (χ1v) is 16.2. The zero-order valence-electron chi connectivity index (χ0n) is 27.3. The van der Waals surface area contributed by atoms with E-state index in [0.29, 0.717) is 18.6 Å². The van der Waals surface area contributed by atoms with Crippen molar-refractivity contribution in [2.24, 2.45) is 28.1 Å². The second-order valence-electron chi connectivity index (χ2n) is 15.0. The van der Waals surface area contributed by atoms with Gasteiger partial charge in [-0.2, -0.15) is 0 Å². The van der Waals surface area contributed by atoms with E-state index < -0.39 is 40.9 Å². The predicted octanol–water partition coefficient (Wildman–Crippen LogP) is 5.62. The largest absolute Gasteiger partial charge is 0.497 e. The molecule has 1 unspecified atom stereocenters. The number of methoxy groups -OCH3 is 1. The van der Waals surface area contributed by atoms with E-state index in [1.165, 1.54) is 0 Å². The van der Waals surface area contributed by atoms with E-state index in [4.69, 9.17) is 23.7 Å². The third-order valence-electron chi connectivity index (χ3n) is 12.3. The molecule has 2 aromatic rings. The van der Waals surface area contributed by atoms with Crippen LogP contribution in [0, 0.1) is 28.1 Å². The first kappa shape index (κ1) is 30.9. The van der Waals surface area contributed by atoms with Crippen LogP contribution in [-0.2, 0) is 18.9 Å². The highest BCUT2D eigenvalue weighted by atomic mass is 16.7. The summed E-state index contributed by atoms with van der Waals surface area (Å²) in [6, 6.07) is 16.7. The van der Waals surface area contributed by atoms with Crippen molar-refractivity contribution in [3.63, 3.8) is 0 Å². The Hall–Kier alpha value is -2.75. The average molecular weight is 619 g/mol. The van der Waals surface area contributed by atoms with Gasteiger partial charge in [0.15, 0.2) is 6.29 Å². The van der Waals surface area contributed by atoms with Crippen LogP contribution in [0.2, 0.25) is 0 Å². The third kappa shape index (κ3) is 4.18. The molecule has 2 aromatic carbocycles. The van der Waals surface area contributed by atoms with E-state index in [2.05, 4.69) is 20.8 Å². The lowest BCUT2D eigenvalue weighted by Crippen LogP contribution is -2.74. The number of benzene rings is 2. The second-order valence-corrected chi connectivity index (χ2v) is 15.0. The number of hydrogen-bond acceptors (Lipinski definition) is 8. The van der Waals surface area contributed by atoms with Gasteiger partial charge in [0.1, 0.15) is 11.9 Å². The maximum atomic E-state index is 14.1. The Balaban J connectivity index is 1.45. The molecule has 2 aliphatic heterocycles. The third-order valence-corrected chi connectivity index (χ3v) is 12.3. The maximum absolute atomic E-state index is 14.1. The number of esters is 1. The fourth-order valence-corrected chi connectivity index (χ4v) is 10.1. The van der Waals surface area contributed by atoms with Gasteiger partial charge in [0, 0.05) is 34.7 Å². The van der Waals surface area contributed by atoms with Gasteiger partial charge in [0.05, 0.1) is 54.7 Å². The molecular formula is C37H46O8. The number of ether oxygens (including phenoxy) is 5. The minimum Gasteiger partial charge on any atom is -0.497 e. The van der Waals surface area contributed by atoms with Crippen LogP contribution in [0.5, 0.6) is 5.75 Å². The Morgan fingerprint density at radius 1 is 1.02 bits per heavy atom. The molecule has 0 amide bonds. The highest BCUT2D eigenvalue weighted by molar-refractivity contribution is 5.89. The Morgan fingerprint density at radius 3 is 2.31 bits per heavy atom. The number of aliphatic hydroxyl groups excluding tert-OH is 1. The average Bonchev–Trinajstić information content (AvgIpc) is 3.26. The van der Waals surface area contributed by atoms with E-state index >= 15 is 0 Å². The molecule has 11 atom stereocenters. The molecule has 0 radical (unpaired) electrons. The summed E-state index contributed by atoms with van der Waals surface area (Å²) in [5, 5.41) is 23.9. The zero-order chi connectivity index (χ0) is 32.1. The smallest absolute Gasteiger partial charge is 0.338 e. The van der Waals surface area contributed by atoms with Gasteiger partial charge >= 0.3 is 5.97 Å². The predicted molar refractivity (Wildman–Crippen MR) is 166 cm³/mol. The summed E-state index contributed by atoms with van der Waals surface area (Å²) < 4.78 is 32.4. The normalized spacial score (nSPS) is 42.1. The Morgan fingerprint density at radius 2 is 1.71 bits per heavy atom. The Labute approximate surface area is 265 Å². The molecule has 45 heavy (non-hydrogen) atoms. The molecule has 2 saturated heterocycles. The van der Waals surface area contributed by atoms with Crippen molar-refractivity contribution in [2.75, 3.05) is 13.7 Å². The van der Waals surface area contributed by atoms with Crippen molar-refractivity contribution in [3.8, 4) is 5.75 Å². The summed E-state index contributed by atoms with van der Waals surface area (Å²) in [6.07, 6.45) is -2.09. The molecule has 2 saturated carbocycles. The van der Waals surface area contributed by atoms with Crippen molar-refractivity contribution in [1.82, 2.24) is 0 Å². The zero-order valence-corrected chi connectivity index (χ0v) is 27.3. The first-order chi connectivity index (χ1) is 21.3. The van der Waals surface area contributed by atoms with Crippen LogP contribution in [0.3, 0.4) is 0 Å². The summed E-state index contributed by atoms with van der Waals surface area (Å²) in [7, 11) is 1.64. The van der Waals surface area contributed by atoms with Crippen molar-refractivity contribution >= 4 is 5.97 Å². The highest BCUT2D eigenvalue weighted by Gasteiger charge is 2.77. The summed E-state index contributed by atoms with van der Waals surface area (Å²) >= 11 is 0.